The van der Waals surface area contributed by atoms with E-state index >= 15 is 0 Å². The van der Waals surface area contributed by atoms with Crippen molar-refractivity contribution in [2.75, 3.05) is 43.6 Å². The summed E-state index contributed by atoms with van der Waals surface area (Å²) in [5, 5.41) is 12.8. The van der Waals surface area contributed by atoms with Gasteiger partial charge in [0.15, 0.2) is 17.2 Å². The van der Waals surface area contributed by atoms with Gasteiger partial charge in [-0.25, -0.2) is 13.2 Å². The highest BCUT2D eigenvalue weighted by molar-refractivity contribution is 7.92. The van der Waals surface area contributed by atoms with E-state index < -0.39 is 34.1 Å². The van der Waals surface area contributed by atoms with E-state index in [1.165, 1.54) is 23.1 Å². The van der Waals surface area contributed by atoms with Crippen LogP contribution < -0.4 is 24.2 Å². The average Bonchev–Trinajstić information content (AvgIpc) is 3.47. The fourth-order valence-electron chi connectivity index (χ4n) is 4.89. The summed E-state index contributed by atoms with van der Waals surface area (Å²) in [6.07, 6.45) is -0.657. The number of urea groups is 1. The Bertz CT molecular complexity index is 1600. The van der Waals surface area contributed by atoms with E-state index in [1.807, 2.05) is 6.92 Å². The minimum absolute atomic E-state index is 0.0447. The lowest BCUT2D eigenvalue weighted by Gasteiger charge is -2.38. The molecule has 0 saturated carbocycles. The number of para-hydroxylation sites is 1. The van der Waals surface area contributed by atoms with Crippen molar-refractivity contribution < 1.29 is 37.3 Å². The van der Waals surface area contributed by atoms with E-state index in [2.05, 4.69) is 10.0 Å². The highest BCUT2D eigenvalue weighted by Gasteiger charge is 2.35. The highest BCUT2D eigenvalue weighted by Crippen LogP contribution is 2.37. The van der Waals surface area contributed by atoms with E-state index in [-0.39, 0.29) is 54.3 Å². The number of aliphatic hydroxyl groups excluding tert-OH is 1. The Hall–Kier alpha value is -4.49. The van der Waals surface area contributed by atoms with Gasteiger partial charge in [0.1, 0.15) is 6.10 Å². The Balaban J connectivity index is 1.44. The number of hydrogen-bond donors (Lipinski definition) is 3. The van der Waals surface area contributed by atoms with Gasteiger partial charge in [0.2, 0.25) is 6.79 Å². The van der Waals surface area contributed by atoms with Crippen molar-refractivity contribution in [2.24, 2.45) is 5.92 Å². The van der Waals surface area contributed by atoms with Crippen LogP contribution in [0.3, 0.4) is 0 Å². The van der Waals surface area contributed by atoms with Crippen molar-refractivity contribution in [3.8, 4) is 17.2 Å². The number of amides is 3. The SMILES string of the molecule is C[C@H](CO)N1C[C@H](C)[C@H](CN(C)C(=O)Nc2ccc3c(c2)OCO3)Oc2c(NS(=O)(=O)c3ccccc3)cccc2C1=O. The number of carbonyl (C=O) groups excluding carboxylic acids is 2. The zero-order valence-electron chi connectivity index (χ0n) is 24.0. The molecule has 0 unspecified atom stereocenters. The van der Waals surface area contributed by atoms with Crippen molar-refractivity contribution in [3.63, 3.8) is 0 Å². The maximum absolute atomic E-state index is 13.7. The van der Waals surface area contributed by atoms with Gasteiger partial charge in [-0.05, 0) is 43.3 Å². The van der Waals surface area contributed by atoms with Crippen LogP contribution in [0.15, 0.2) is 71.6 Å². The first-order valence-corrected chi connectivity index (χ1v) is 15.3. The molecule has 0 aromatic heterocycles. The third kappa shape index (κ3) is 6.47. The third-order valence-corrected chi connectivity index (χ3v) is 8.79. The quantitative estimate of drug-likeness (QED) is 0.351. The average molecular weight is 611 g/mol. The first-order valence-electron chi connectivity index (χ1n) is 13.8. The van der Waals surface area contributed by atoms with E-state index in [4.69, 9.17) is 14.2 Å². The summed E-state index contributed by atoms with van der Waals surface area (Å²) < 4.78 is 46.2. The van der Waals surface area contributed by atoms with Crippen LogP contribution in [0.4, 0.5) is 16.2 Å². The molecular formula is C30H34N4O8S. The number of fused-ring (bicyclic) bond motifs is 2. The lowest BCUT2D eigenvalue weighted by atomic mass is 9.99. The molecule has 43 heavy (non-hydrogen) atoms. The van der Waals surface area contributed by atoms with Crippen LogP contribution in [0.2, 0.25) is 0 Å². The largest absolute Gasteiger partial charge is 0.485 e. The van der Waals surface area contributed by atoms with Crippen molar-refractivity contribution >= 4 is 33.3 Å². The zero-order chi connectivity index (χ0) is 30.7. The van der Waals surface area contributed by atoms with Crippen LogP contribution in [0, 0.1) is 5.92 Å². The van der Waals surface area contributed by atoms with Crippen LogP contribution in [-0.2, 0) is 10.0 Å². The highest BCUT2D eigenvalue weighted by atomic mass is 32.2. The number of ether oxygens (including phenoxy) is 3. The second-order valence-electron chi connectivity index (χ2n) is 10.6. The summed E-state index contributed by atoms with van der Waals surface area (Å²) in [6.45, 7) is 3.80. The van der Waals surface area contributed by atoms with Crippen molar-refractivity contribution in [3.05, 3.63) is 72.3 Å². The third-order valence-electron chi connectivity index (χ3n) is 7.41. The van der Waals surface area contributed by atoms with Crippen molar-refractivity contribution in [1.82, 2.24) is 9.80 Å². The summed E-state index contributed by atoms with van der Waals surface area (Å²) in [7, 11) is -2.40. The molecule has 0 saturated heterocycles. The molecule has 13 heteroatoms. The Kier molecular flexibility index (Phi) is 8.64. The van der Waals surface area contributed by atoms with E-state index in [1.54, 1.807) is 67.4 Å². The Morgan fingerprint density at radius 3 is 2.58 bits per heavy atom. The monoisotopic (exact) mass is 610 g/mol. The molecular weight excluding hydrogens is 576 g/mol. The number of anilines is 2. The summed E-state index contributed by atoms with van der Waals surface area (Å²) in [4.78, 5) is 29.9. The summed E-state index contributed by atoms with van der Waals surface area (Å²) in [5.41, 5.74) is 0.736. The summed E-state index contributed by atoms with van der Waals surface area (Å²) in [5.74, 6) is 0.449. The molecule has 3 N–H and O–H groups in total. The van der Waals surface area contributed by atoms with Gasteiger partial charge in [-0.1, -0.05) is 31.2 Å². The minimum atomic E-state index is -4.01. The lowest BCUT2D eigenvalue weighted by Crippen LogP contribution is -2.50. The van der Waals surface area contributed by atoms with Gasteiger partial charge >= 0.3 is 6.03 Å². The van der Waals surface area contributed by atoms with Gasteiger partial charge in [-0.2, -0.15) is 0 Å². The standard InChI is InChI=1S/C30H34N4O8S/c1-19-15-34(20(2)17-35)29(36)23-10-7-11-24(32-43(38,39)22-8-5-4-6-9-22)28(23)42-27(19)16-33(3)30(37)31-21-12-13-25-26(14-21)41-18-40-25/h4-14,19-20,27,32,35H,15-18H2,1-3H3,(H,31,37)/t19-,20+,27-/m0/s1. The number of carbonyl (C=O) groups is 2. The number of aliphatic hydroxyl groups is 1. The number of benzene rings is 3. The number of nitrogens with zero attached hydrogens (tertiary/aromatic N) is 2. The minimum Gasteiger partial charge on any atom is -0.485 e. The lowest BCUT2D eigenvalue weighted by molar-refractivity contribution is 0.0373. The second-order valence-corrected chi connectivity index (χ2v) is 12.3. The number of likely N-dealkylation sites (N-methyl/N-ethyl adjacent to an activating group) is 1. The molecule has 3 amide bonds. The molecule has 2 aliphatic heterocycles. The first kappa shape index (κ1) is 30.0. The number of sulfonamides is 1. The topological polar surface area (TPSA) is 147 Å². The maximum Gasteiger partial charge on any atom is 0.321 e. The molecule has 12 nitrogen and oxygen atoms in total. The predicted octanol–water partition coefficient (Wildman–Crippen LogP) is 3.60. The van der Waals surface area contributed by atoms with Gasteiger partial charge < -0.3 is 34.4 Å². The second kappa shape index (κ2) is 12.4. The molecule has 2 aliphatic rings. The molecule has 0 spiro atoms. The molecule has 3 atom stereocenters. The Morgan fingerprint density at radius 1 is 1.09 bits per heavy atom. The molecule has 3 aromatic carbocycles. The van der Waals surface area contributed by atoms with Crippen LogP contribution >= 0.6 is 0 Å². The fourth-order valence-corrected chi connectivity index (χ4v) is 5.97. The predicted molar refractivity (Wildman–Crippen MR) is 159 cm³/mol. The van der Waals surface area contributed by atoms with Crippen LogP contribution in [0.5, 0.6) is 17.2 Å². The van der Waals surface area contributed by atoms with E-state index in [0.29, 0.717) is 17.2 Å². The fraction of sp³-hybridized carbons (Fsp3) is 0.333. The molecule has 0 bridgehead atoms. The van der Waals surface area contributed by atoms with E-state index in [0.717, 1.165) is 0 Å². The van der Waals surface area contributed by atoms with Gasteiger partial charge in [0.25, 0.3) is 15.9 Å². The van der Waals surface area contributed by atoms with Gasteiger partial charge in [0, 0.05) is 31.3 Å². The Morgan fingerprint density at radius 2 is 1.84 bits per heavy atom. The van der Waals surface area contributed by atoms with Gasteiger partial charge in [-0.15, -0.1) is 0 Å². The van der Waals surface area contributed by atoms with Crippen LogP contribution in [0.25, 0.3) is 0 Å². The van der Waals surface area contributed by atoms with Crippen molar-refractivity contribution in [2.45, 2.75) is 30.9 Å². The van der Waals surface area contributed by atoms with Gasteiger partial charge in [-0.3, -0.25) is 9.52 Å². The number of nitrogens with one attached hydrogen (secondary N) is 2. The summed E-state index contributed by atoms with van der Waals surface area (Å²) in [6, 6.07) is 16.7. The Labute approximate surface area is 250 Å². The zero-order valence-corrected chi connectivity index (χ0v) is 24.8. The van der Waals surface area contributed by atoms with E-state index in [9.17, 15) is 23.1 Å². The van der Waals surface area contributed by atoms with Crippen LogP contribution in [0.1, 0.15) is 24.2 Å². The first-order chi connectivity index (χ1) is 20.6. The number of hydrogen-bond acceptors (Lipinski definition) is 8. The summed E-state index contributed by atoms with van der Waals surface area (Å²) >= 11 is 0. The molecule has 228 valence electrons. The molecule has 2 heterocycles. The number of rotatable bonds is 8. The molecule has 3 aromatic rings. The molecule has 5 rings (SSSR count). The molecule has 0 fully saturated rings. The smallest absolute Gasteiger partial charge is 0.321 e. The maximum atomic E-state index is 13.7. The van der Waals surface area contributed by atoms with Gasteiger partial charge in [0.05, 0.1) is 35.3 Å². The van der Waals surface area contributed by atoms with Crippen molar-refractivity contribution in [1.29, 1.82) is 0 Å². The molecule has 0 radical (unpaired) electrons. The normalized spacial score (nSPS) is 18.5. The molecule has 0 aliphatic carbocycles. The van der Waals surface area contributed by atoms with Crippen LogP contribution in [-0.4, -0.2) is 80.9 Å².